The molecule has 2 N–H and O–H groups in total. The lowest BCUT2D eigenvalue weighted by Crippen LogP contribution is -2.12. The number of anilines is 1. The lowest BCUT2D eigenvalue weighted by Gasteiger charge is -2.17. The van der Waals surface area contributed by atoms with Crippen molar-refractivity contribution >= 4 is 34.3 Å². The first-order valence-electron chi connectivity index (χ1n) is 5.96. The van der Waals surface area contributed by atoms with Crippen LogP contribution in [0.4, 0.5) is 11.4 Å². The summed E-state index contributed by atoms with van der Waals surface area (Å²) in [5.74, 6) is 0. The maximum Gasteiger partial charge on any atom is 0.293 e. The van der Waals surface area contributed by atoms with Crippen molar-refractivity contribution in [2.75, 3.05) is 11.9 Å². The molecule has 0 aliphatic rings. The number of nitrogens with one attached hydrogen (secondary N) is 1. The van der Waals surface area contributed by atoms with E-state index in [0.29, 0.717) is 17.1 Å². The topological polar surface area (TPSA) is 75.4 Å². The van der Waals surface area contributed by atoms with Crippen molar-refractivity contribution in [1.82, 2.24) is 0 Å². The van der Waals surface area contributed by atoms with E-state index in [9.17, 15) is 10.1 Å². The summed E-state index contributed by atoms with van der Waals surface area (Å²) in [6, 6.07) is 8.16. The van der Waals surface area contributed by atoms with Crippen LogP contribution in [-0.2, 0) is 0 Å². The number of rotatable bonds is 6. The van der Waals surface area contributed by atoms with E-state index in [-0.39, 0.29) is 18.3 Å². The number of nitrogens with zero attached hydrogens (tertiary/aromatic N) is 1. The molecule has 0 bridgehead atoms. The van der Waals surface area contributed by atoms with Gasteiger partial charge in [0.05, 0.1) is 11.0 Å². The number of thiophene rings is 1. The Bertz CT molecular complexity index is 589. The van der Waals surface area contributed by atoms with E-state index in [1.165, 1.54) is 17.4 Å². The Morgan fingerprint density at radius 3 is 2.85 bits per heavy atom. The van der Waals surface area contributed by atoms with Gasteiger partial charge in [0.15, 0.2) is 0 Å². The van der Waals surface area contributed by atoms with E-state index in [0.717, 1.165) is 4.88 Å². The molecule has 5 nitrogen and oxygen atoms in total. The Balaban J connectivity index is 2.29. The smallest absolute Gasteiger partial charge is 0.293 e. The molecule has 0 aliphatic heterocycles. The molecule has 0 fully saturated rings. The molecule has 106 valence electrons. The first-order chi connectivity index (χ1) is 9.61. The Hall–Kier alpha value is -1.63. The molecule has 1 heterocycles. The normalized spacial score (nSPS) is 12.1. The molecule has 0 saturated carbocycles. The van der Waals surface area contributed by atoms with Gasteiger partial charge in [0.2, 0.25) is 0 Å². The summed E-state index contributed by atoms with van der Waals surface area (Å²) < 4.78 is 0. The van der Waals surface area contributed by atoms with Gasteiger partial charge in [-0.1, -0.05) is 17.7 Å². The van der Waals surface area contributed by atoms with E-state index in [1.807, 2.05) is 17.5 Å². The lowest BCUT2D eigenvalue weighted by molar-refractivity contribution is -0.384. The highest BCUT2D eigenvalue weighted by Crippen LogP contribution is 2.33. The Morgan fingerprint density at radius 1 is 1.45 bits per heavy atom. The van der Waals surface area contributed by atoms with Crippen LogP contribution in [0.2, 0.25) is 5.02 Å². The second-order valence-corrected chi connectivity index (χ2v) is 5.56. The lowest BCUT2D eigenvalue weighted by atomic mass is 10.1. The number of aliphatic hydroxyl groups is 1. The predicted octanol–water partition coefficient (Wildman–Crippen LogP) is 3.85. The van der Waals surface area contributed by atoms with Gasteiger partial charge in [-0.2, -0.15) is 0 Å². The molecular weight excluding hydrogens is 300 g/mol. The Morgan fingerprint density at radius 2 is 2.25 bits per heavy atom. The highest BCUT2D eigenvalue weighted by Gasteiger charge is 2.19. The average molecular weight is 313 g/mol. The molecule has 0 radical (unpaired) electrons. The maximum absolute atomic E-state index is 11.1. The van der Waals surface area contributed by atoms with Crippen LogP contribution in [0, 0.1) is 10.1 Å². The van der Waals surface area contributed by atoms with Gasteiger partial charge in [-0.15, -0.1) is 11.3 Å². The molecule has 0 saturated heterocycles. The Kier molecular flexibility index (Phi) is 4.94. The number of halogens is 1. The molecule has 1 atom stereocenters. The fraction of sp³-hybridized carbons (Fsp3) is 0.231. The van der Waals surface area contributed by atoms with E-state index < -0.39 is 4.92 Å². The minimum atomic E-state index is -0.474. The highest BCUT2D eigenvalue weighted by molar-refractivity contribution is 7.10. The highest BCUT2D eigenvalue weighted by atomic mass is 35.5. The molecule has 20 heavy (non-hydrogen) atoms. The SMILES string of the molecule is O=[N+]([O-])c1cc(Cl)ccc1NC(CCO)c1cccs1. The van der Waals surface area contributed by atoms with E-state index in [4.69, 9.17) is 16.7 Å². The van der Waals surface area contributed by atoms with Gasteiger partial charge >= 0.3 is 0 Å². The second-order valence-electron chi connectivity index (χ2n) is 4.14. The summed E-state index contributed by atoms with van der Waals surface area (Å²) in [5, 5.41) is 25.6. The molecular formula is C13H13ClN2O3S. The van der Waals surface area contributed by atoms with Gasteiger partial charge in [0.25, 0.3) is 5.69 Å². The van der Waals surface area contributed by atoms with Crippen molar-refractivity contribution in [2.45, 2.75) is 12.5 Å². The molecule has 0 aliphatic carbocycles. The fourth-order valence-corrected chi connectivity index (χ4v) is 2.85. The minimum Gasteiger partial charge on any atom is -0.396 e. The van der Waals surface area contributed by atoms with E-state index >= 15 is 0 Å². The summed E-state index contributed by atoms with van der Waals surface area (Å²) >= 11 is 7.33. The molecule has 1 aromatic heterocycles. The van der Waals surface area contributed by atoms with Gasteiger partial charge in [-0.25, -0.2) is 0 Å². The molecule has 2 aromatic rings. The summed E-state index contributed by atoms with van der Waals surface area (Å²) in [6.07, 6.45) is 0.473. The van der Waals surface area contributed by atoms with Crippen LogP contribution in [0.1, 0.15) is 17.3 Å². The van der Waals surface area contributed by atoms with Crippen molar-refractivity contribution < 1.29 is 10.0 Å². The van der Waals surface area contributed by atoms with Gasteiger partial charge in [-0.05, 0) is 30.0 Å². The fourth-order valence-electron chi connectivity index (χ4n) is 1.87. The predicted molar refractivity (Wildman–Crippen MR) is 80.5 cm³/mol. The summed E-state index contributed by atoms with van der Waals surface area (Å²) in [7, 11) is 0. The number of aliphatic hydroxyl groups excluding tert-OH is 1. The van der Waals surface area contributed by atoms with Crippen molar-refractivity contribution in [3.63, 3.8) is 0 Å². The number of nitro benzene ring substituents is 1. The maximum atomic E-state index is 11.1. The van der Waals surface area contributed by atoms with Crippen molar-refractivity contribution in [3.8, 4) is 0 Å². The van der Waals surface area contributed by atoms with Gasteiger partial charge in [-0.3, -0.25) is 10.1 Å². The number of benzene rings is 1. The van der Waals surface area contributed by atoms with Crippen LogP contribution in [0.5, 0.6) is 0 Å². The monoisotopic (exact) mass is 312 g/mol. The molecule has 0 spiro atoms. The quantitative estimate of drug-likeness (QED) is 0.627. The van der Waals surface area contributed by atoms with Crippen molar-refractivity contribution in [2.24, 2.45) is 0 Å². The van der Waals surface area contributed by atoms with Crippen LogP contribution in [-0.4, -0.2) is 16.6 Å². The first-order valence-corrected chi connectivity index (χ1v) is 7.22. The van der Waals surface area contributed by atoms with Gasteiger partial charge < -0.3 is 10.4 Å². The van der Waals surface area contributed by atoms with Crippen molar-refractivity contribution in [3.05, 3.63) is 55.7 Å². The molecule has 0 amide bonds. The summed E-state index contributed by atoms with van der Waals surface area (Å²) in [6.45, 7) is -0.00302. The summed E-state index contributed by atoms with van der Waals surface area (Å²) in [4.78, 5) is 11.6. The average Bonchev–Trinajstić information content (AvgIpc) is 2.93. The number of hydrogen-bond acceptors (Lipinski definition) is 5. The summed E-state index contributed by atoms with van der Waals surface area (Å²) in [5.41, 5.74) is 0.322. The van der Waals surface area contributed by atoms with Crippen molar-refractivity contribution in [1.29, 1.82) is 0 Å². The van der Waals surface area contributed by atoms with Crippen LogP contribution in [0.15, 0.2) is 35.7 Å². The minimum absolute atomic E-state index is 0.00302. The largest absolute Gasteiger partial charge is 0.396 e. The van der Waals surface area contributed by atoms with Gasteiger partial charge in [0.1, 0.15) is 5.69 Å². The number of nitro groups is 1. The van der Waals surface area contributed by atoms with Crippen LogP contribution in [0.3, 0.4) is 0 Å². The standard InChI is InChI=1S/C13H13ClN2O3S/c14-9-3-4-10(12(8-9)16(18)19)15-11(5-6-17)13-2-1-7-20-13/h1-4,7-8,11,15,17H,5-6H2. The number of hydrogen-bond donors (Lipinski definition) is 2. The zero-order valence-corrected chi connectivity index (χ0v) is 12.0. The van der Waals surface area contributed by atoms with Crippen LogP contribution >= 0.6 is 22.9 Å². The molecule has 7 heteroatoms. The third kappa shape index (κ3) is 3.47. The second kappa shape index (κ2) is 6.69. The van der Waals surface area contributed by atoms with E-state index in [2.05, 4.69) is 5.32 Å². The third-order valence-corrected chi connectivity index (χ3v) is 4.01. The zero-order valence-electron chi connectivity index (χ0n) is 10.5. The van der Waals surface area contributed by atoms with Gasteiger partial charge in [0, 0.05) is 22.6 Å². The third-order valence-electron chi connectivity index (χ3n) is 2.79. The zero-order chi connectivity index (χ0) is 14.5. The molecule has 1 unspecified atom stereocenters. The first kappa shape index (κ1) is 14.8. The van der Waals surface area contributed by atoms with Crippen LogP contribution < -0.4 is 5.32 Å². The Labute approximate surface area is 125 Å². The molecule has 1 aromatic carbocycles. The van der Waals surface area contributed by atoms with Crippen LogP contribution in [0.25, 0.3) is 0 Å². The molecule has 2 rings (SSSR count). The van der Waals surface area contributed by atoms with E-state index in [1.54, 1.807) is 12.1 Å².